The van der Waals surface area contributed by atoms with Crippen LogP contribution >= 0.6 is 11.8 Å². The van der Waals surface area contributed by atoms with Gasteiger partial charge in [0.15, 0.2) is 0 Å². The smallest absolute Gasteiger partial charge is 0.0552 e. The van der Waals surface area contributed by atoms with Crippen molar-refractivity contribution in [3.63, 3.8) is 0 Å². The molecule has 2 heteroatoms. The van der Waals surface area contributed by atoms with Gasteiger partial charge in [-0.25, -0.2) is 0 Å². The fourth-order valence-electron chi connectivity index (χ4n) is 6.72. The van der Waals surface area contributed by atoms with Gasteiger partial charge in [-0.1, -0.05) is 86.6 Å². The molecule has 1 aliphatic carbocycles. The summed E-state index contributed by atoms with van der Waals surface area (Å²) in [6.45, 7) is 4.86. The first kappa shape index (κ1) is 19.8. The summed E-state index contributed by atoms with van der Waals surface area (Å²) in [5.41, 5.74) is 8.51. The normalized spacial score (nSPS) is 19.8. The molecule has 6 aromatic rings. The van der Waals surface area contributed by atoms with Crippen LogP contribution in [0.25, 0.3) is 38.3 Å². The van der Waals surface area contributed by atoms with Crippen LogP contribution in [-0.4, -0.2) is 9.82 Å². The molecule has 5 aromatic carbocycles. The second-order valence-electron chi connectivity index (χ2n) is 10.6. The Morgan fingerprint density at radius 2 is 1.43 bits per heavy atom. The zero-order valence-corrected chi connectivity index (χ0v) is 20.6. The number of nitrogens with zero attached hydrogens (tertiary/aromatic N) is 1. The van der Waals surface area contributed by atoms with Crippen LogP contribution in [0.4, 0.5) is 0 Å². The summed E-state index contributed by atoms with van der Waals surface area (Å²) in [5, 5.41) is 5.79. The fourth-order valence-corrected chi connectivity index (χ4v) is 8.35. The Kier molecular flexibility index (Phi) is 3.84. The number of rotatable bonds is 1. The Morgan fingerprint density at radius 1 is 0.657 bits per heavy atom. The highest BCUT2D eigenvalue weighted by Gasteiger charge is 2.51. The molecule has 0 saturated carbocycles. The van der Waals surface area contributed by atoms with Crippen LogP contribution in [0.1, 0.15) is 36.5 Å². The van der Waals surface area contributed by atoms with Gasteiger partial charge in [0.2, 0.25) is 0 Å². The molecule has 168 valence electrons. The van der Waals surface area contributed by atoms with Gasteiger partial charge in [-0.15, -0.1) is 11.8 Å². The minimum atomic E-state index is 0.158. The average Bonchev–Trinajstić information content (AvgIpc) is 3.49. The first-order chi connectivity index (χ1) is 17.1. The minimum Gasteiger partial charge on any atom is -0.309 e. The van der Waals surface area contributed by atoms with Crippen LogP contribution in [0, 0.1) is 0 Å². The molecular weight excluding hydrogens is 442 g/mol. The maximum atomic E-state index is 2.51. The highest BCUT2D eigenvalue weighted by molar-refractivity contribution is 8.00. The summed E-state index contributed by atoms with van der Waals surface area (Å²) < 4.78 is 2.46. The summed E-state index contributed by atoms with van der Waals surface area (Å²) in [6.07, 6.45) is 0. The van der Waals surface area contributed by atoms with Crippen molar-refractivity contribution in [2.24, 2.45) is 0 Å². The maximum Gasteiger partial charge on any atom is 0.0552 e. The van der Waals surface area contributed by atoms with Crippen LogP contribution in [0.3, 0.4) is 0 Å². The molecule has 2 unspecified atom stereocenters. The third kappa shape index (κ3) is 2.56. The van der Waals surface area contributed by atoms with Gasteiger partial charge in [0.05, 0.1) is 11.0 Å². The Balaban J connectivity index is 1.42. The summed E-state index contributed by atoms with van der Waals surface area (Å²) in [5.74, 6) is 0.466. The fraction of sp³-hybridized carbons (Fsp3) is 0.152. The quantitative estimate of drug-likeness (QED) is 0.234. The predicted octanol–water partition coefficient (Wildman–Crippen LogP) is 8.83. The third-order valence-corrected chi connectivity index (χ3v) is 10.1. The SMILES string of the molecule is CC1(C)c2ccccc2C2c3cc4c5ccccc5n(-c5ccc6ccccc6c5)c4cc3SC21. The number of hydrogen-bond donors (Lipinski definition) is 0. The highest BCUT2D eigenvalue weighted by Crippen LogP contribution is 2.62. The monoisotopic (exact) mass is 467 g/mol. The Morgan fingerprint density at radius 3 is 2.34 bits per heavy atom. The average molecular weight is 468 g/mol. The van der Waals surface area contributed by atoms with Crippen LogP contribution in [0.15, 0.2) is 108 Å². The van der Waals surface area contributed by atoms with E-state index in [0.717, 1.165) is 0 Å². The van der Waals surface area contributed by atoms with E-state index in [0.29, 0.717) is 11.2 Å². The van der Waals surface area contributed by atoms with E-state index in [1.165, 1.54) is 59.9 Å². The molecule has 0 bridgehead atoms. The highest BCUT2D eigenvalue weighted by atomic mass is 32.2. The Hall–Kier alpha value is -3.49. The Bertz CT molecular complexity index is 1820. The number of thioether (sulfide) groups is 1. The molecule has 0 fully saturated rings. The number of hydrogen-bond acceptors (Lipinski definition) is 1. The number of fused-ring (bicyclic) bond motifs is 9. The van der Waals surface area contributed by atoms with Gasteiger partial charge in [0, 0.05) is 37.9 Å². The summed E-state index contributed by atoms with van der Waals surface area (Å²) >= 11 is 2.09. The summed E-state index contributed by atoms with van der Waals surface area (Å²) in [4.78, 5) is 1.44. The molecule has 1 nitrogen and oxygen atoms in total. The van der Waals surface area contributed by atoms with Gasteiger partial charge < -0.3 is 4.57 Å². The molecule has 0 amide bonds. The van der Waals surface area contributed by atoms with Crippen molar-refractivity contribution in [3.05, 3.63) is 120 Å². The van der Waals surface area contributed by atoms with E-state index in [1.807, 2.05) is 0 Å². The summed E-state index contributed by atoms with van der Waals surface area (Å²) in [6, 6.07) is 38.5. The molecule has 0 N–H and O–H groups in total. The van der Waals surface area contributed by atoms with Crippen molar-refractivity contribution >= 4 is 44.3 Å². The number of para-hydroxylation sites is 1. The lowest BCUT2D eigenvalue weighted by atomic mass is 9.84. The van der Waals surface area contributed by atoms with E-state index >= 15 is 0 Å². The molecule has 1 aromatic heterocycles. The van der Waals surface area contributed by atoms with E-state index in [2.05, 4.69) is 133 Å². The zero-order chi connectivity index (χ0) is 23.3. The molecule has 0 spiro atoms. The van der Waals surface area contributed by atoms with Crippen molar-refractivity contribution in [3.8, 4) is 5.69 Å². The van der Waals surface area contributed by atoms with Gasteiger partial charge in [0.25, 0.3) is 0 Å². The lowest BCUT2D eigenvalue weighted by molar-refractivity contribution is 0.521. The number of benzene rings is 5. The van der Waals surface area contributed by atoms with E-state index in [-0.39, 0.29) is 5.41 Å². The topological polar surface area (TPSA) is 4.93 Å². The number of aromatic nitrogens is 1. The molecule has 0 saturated heterocycles. The van der Waals surface area contributed by atoms with Crippen molar-refractivity contribution in [1.82, 2.24) is 4.57 Å². The molecule has 2 atom stereocenters. The summed E-state index contributed by atoms with van der Waals surface area (Å²) in [7, 11) is 0. The van der Waals surface area contributed by atoms with E-state index in [1.54, 1.807) is 0 Å². The van der Waals surface area contributed by atoms with Crippen molar-refractivity contribution in [2.75, 3.05) is 0 Å². The molecule has 35 heavy (non-hydrogen) atoms. The van der Waals surface area contributed by atoms with Gasteiger partial charge >= 0.3 is 0 Å². The first-order valence-electron chi connectivity index (χ1n) is 12.4. The van der Waals surface area contributed by atoms with Gasteiger partial charge in [-0.05, 0) is 57.8 Å². The van der Waals surface area contributed by atoms with Crippen molar-refractivity contribution in [1.29, 1.82) is 0 Å². The molecule has 2 heterocycles. The standard InChI is InChI=1S/C33H25NS/c1-33(2)27-13-7-5-12-24(27)31-26-18-25-23-11-6-8-14-28(23)34(29(25)19-30(26)35-32(31)33)22-16-15-20-9-3-4-10-21(20)17-22/h3-19,31-32H,1-2H3. The van der Waals surface area contributed by atoms with Crippen molar-refractivity contribution in [2.45, 2.75) is 35.3 Å². The second-order valence-corrected chi connectivity index (χ2v) is 11.8. The van der Waals surface area contributed by atoms with Gasteiger partial charge in [-0.2, -0.15) is 0 Å². The maximum absolute atomic E-state index is 2.51. The lowest BCUT2D eigenvalue weighted by Crippen LogP contribution is -2.26. The van der Waals surface area contributed by atoms with Crippen LogP contribution < -0.4 is 0 Å². The van der Waals surface area contributed by atoms with Gasteiger partial charge in [-0.3, -0.25) is 0 Å². The minimum absolute atomic E-state index is 0.158. The van der Waals surface area contributed by atoms with Crippen LogP contribution in [0.2, 0.25) is 0 Å². The third-order valence-electron chi connectivity index (χ3n) is 8.39. The van der Waals surface area contributed by atoms with E-state index < -0.39 is 0 Å². The van der Waals surface area contributed by atoms with Gasteiger partial charge in [0.1, 0.15) is 0 Å². The molecule has 1 aliphatic heterocycles. The molecule has 2 aliphatic rings. The van der Waals surface area contributed by atoms with E-state index in [4.69, 9.17) is 0 Å². The van der Waals surface area contributed by atoms with Crippen LogP contribution in [-0.2, 0) is 5.41 Å². The van der Waals surface area contributed by atoms with E-state index in [9.17, 15) is 0 Å². The zero-order valence-electron chi connectivity index (χ0n) is 19.8. The lowest BCUT2D eigenvalue weighted by Gasteiger charge is -2.26. The predicted molar refractivity (Wildman–Crippen MR) is 149 cm³/mol. The molecular formula is C33H25NS. The van der Waals surface area contributed by atoms with Crippen molar-refractivity contribution < 1.29 is 0 Å². The second kappa shape index (κ2) is 6.80. The molecule has 8 rings (SSSR count). The Labute approximate surface area is 209 Å². The largest absolute Gasteiger partial charge is 0.309 e. The first-order valence-corrected chi connectivity index (χ1v) is 13.3. The molecule has 0 radical (unpaired) electrons. The van der Waals surface area contributed by atoms with Crippen LogP contribution in [0.5, 0.6) is 0 Å².